The van der Waals surface area contributed by atoms with Crippen molar-refractivity contribution in [2.24, 2.45) is 0 Å². The molecule has 0 aromatic rings. The van der Waals surface area contributed by atoms with Gasteiger partial charge in [0.1, 0.15) is 13.2 Å². The van der Waals surface area contributed by atoms with Crippen LogP contribution in [0, 0.1) is 0 Å². The molecule has 1 unspecified atom stereocenters. The van der Waals surface area contributed by atoms with Crippen LogP contribution in [0.4, 0.5) is 9.59 Å². The van der Waals surface area contributed by atoms with Crippen LogP contribution in [0.3, 0.4) is 0 Å². The quantitative estimate of drug-likeness (QED) is 0.169. The van der Waals surface area contributed by atoms with Crippen LogP contribution in [0.2, 0.25) is 0 Å². The van der Waals surface area contributed by atoms with Gasteiger partial charge in [-0.15, -0.1) is 0 Å². The largest absolute Gasteiger partial charge is 0.459 e. The van der Waals surface area contributed by atoms with E-state index >= 15 is 0 Å². The van der Waals surface area contributed by atoms with Crippen LogP contribution < -0.4 is 16.0 Å². The summed E-state index contributed by atoms with van der Waals surface area (Å²) in [4.78, 5) is 34.2. The number of carbonyl (C=O) groups is 3. The highest BCUT2D eigenvalue weighted by atomic mass is 16.6. The maximum absolute atomic E-state index is 11.6. The monoisotopic (exact) mass is 427 g/mol. The van der Waals surface area contributed by atoms with Crippen molar-refractivity contribution in [3.8, 4) is 0 Å². The molecule has 1 fully saturated rings. The zero-order valence-corrected chi connectivity index (χ0v) is 18.1. The van der Waals surface area contributed by atoms with Gasteiger partial charge in [-0.05, 0) is 45.6 Å². The molecule has 2 amide bonds. The molecule has 0 bridgehead atoms. The van der Waals surface area contributed by atoms with Gasteiger partial charge in [-0.25, -0.2) is 14.4 Å². The molecule has 0 saturated carbocycles. The van der Waals surface area contributed by atoms with Gasteiger partial charge in [0.05, 0.1) is 6.61 Å². The Balaban J connectivity index is 1.84. The van der Waals surface area contributed by atoms with E-state index in [0.29, 0.717) is 31.3 Å². The van der Waals surface area contributed by atoms with Gasteiger partial charge >= 0.3 is 18.2 Å². The zero-order chi connectivity index (χ0) is 22.0. The lowest BCUT2D eigenvalue weighted by atomic mass is 10.0. The van der Waals surface area contributed by atoms with E-state index < -0.39 is 12.1 Å². The number of nitrogens with one attached hydrogen (secondary N) is 3. The van der Waals surface area contributed by atoms with Gasteiger partial charge in [-0.2, -0.15) is 0 Å². The number of carbonyl (C=O) groups excluding carboxylic acids is 3. The van der Waals surface area contributed by atoms with Crippen LogP contribution in [0.1, 0.15) is 58.3 Å². The van der Waals surface area contributed by atoms with Gasteiger partial charge in [0.2, 0.25) is 0 Å². The Morgan fingerprint density at radius 3 is 2.07 bits per heavy atom. The number of esters is 1. The average Bonchev–Trinajstić information content (AvgIpc) is 2.73. The van der Waals surface area contributed by atoms with Gasteiger partial charge in [0.15, 0.2) is 0 Å². The van der Waals surface area contributed by atoms with Crippen molar-refractivity contribution in [1.82, 2.24) is 16.0 Å². The first-order valence-corrected chi connectivity index (χ1v) is 10.9. The SMILES string of the molecule is C=C(C)C(=O)OCCOC(=O)NCCCCCCNC(=O)OCCC1CCCCN1. The molecule has 1 rings (SSSR count). The molecular formula is C21H37N3O6. The summed E-state index contributed by atoms with van der Waals surface area (Å²) in [5, 5.41) is 8.83. The third kappa shape index (κ3) is 13.8. The highest BCUT2D eigenvalue weighted by Crippen LogP contribution is 2.09. The molecule has 1 atom stereocenters. The van der Waals surface area contributed by atoms with Crippen LogP contribution in [-0.4, -0.2) is 63.7 Å². The Morgan fingerprint density at radius 2 is 1.50 bits per heavy atom. The van der Waals surface area contributed by atoms with Crippen molar-refractivity contribution < 1.29 is 28.6 Å². The van der Waals surface area contributed by atoms with E-state index in [9.17, 15) is 14.4 Å². The predicted octanol–water partition coefficient (Wildman–Crippen LogP) is 2.65. The van der Waals surface area contributed by atoms with Crippen molar-refractivity contribution >= 4 is 18.2 Å². The molecule has 0 aromatic carbocycles. The van der Waals surface area contributed by atoms with Crippen molar-refractivity contribution in [2.75, 3.05) is 39.5 Å². The molecule has 3 N–H and O–H groups in total. The van der Waals surface area contributed by atoms with Crippen LogP contribution in [0.5, 0.6) is 0 Å². The molecule has 1 heterocycles. The Kier molecular flexibility index (Phi) is 14.2. The summed E-state index contributed by atoms with van der Waals surface area (Å²) < 4.78 is 14.9. The molecule has 0 radical (unpaired) electrons. The molecule has 9 heteroatoms. The molecule has 0 spiro atoms. The highest BCUT2D eigenvalue weighted by molar-refractivity contribution is 5.86. The summed E-state index contributed by atoms with van der Waals surface area (Å²) in [6.07, 6.45) is 7.15. The fourth-order valence-corrected chi connectivity index (χ4v) is 2.94. The van der Waals surface area contributed by atoms with Gasteiger partial charge in [-0.1, -0.05) is 25.8 Å². The third-order valence-corrected chi connectivity index (χ3v) is 4.65. The Labute approximate surface area is 179 Å². The van der Waals surface area contributed by atoms with E-state index in [1.807, 2.05) is 0 Å². The first-order chi connectivity index (χ1) is 14.5. The number of amides is 2. The second-order valence-corrected chi connectivity index (χ2v) is 7.39. The van der Waals surface area contributed by atoms with E-state index in [-0.39, 0.29) is 19.3 Å². The first kappa shape index (κ1) is 25.7. The molecule has 172 valence electrons. The van der Waals surface area contributed by atoms with Crippen LogP contribution in [-0.2, 0) is 19.0 Å². The Bertz CT molecular complexity index is 535. The van der Waals surface area contributed by atoms with Crippen molar-refractivity contribution in [3.05, 3.63) is 12.2 Å². The molecule has 1 aliphatic rings. The maximum atomic E-state index is 11.6. The number of hydrogen-bond acceptors (Lipinski definition) is 7. The lowest BCUT2D eigenvalue weighted by Gasteiger charge is -2.23. The van der Waals surface area contributed by atoms with E-state index in [1.165, 1.54) is 12.8 Å². The summed E-state index contributed by atoms with van der Waals surface area (Å²) in [5.41, 5.74) is 0.304. The Morgan fingerprint density at radius 1 is 0.900 bits per heavy atom. The number of ether oxygens (including phenoxy) is 3. The van der Waals surface area contributed by atoms with E-state index in [0.717, 1.165) is 45.1 Å². The summed E-state index contributed by atoms with van der Waals surface area (Å²) in [5.74, 6) is -0.501. The van der Waals surface area contributed by atoms with E-state index in [1.54, 1.807) is 6.92 Å². The minimum atomic E-state index is -0.533. The predicted molar refractivity (Wildman–Crippen MR) is 113 cm³/mol. The minimum absolute atomic E-state index is 0.00376. The number of rotatable bonds is 14. The first-order valence-electron chi connectivity index (χ1n) is 10.9. The smallest absolute Gasteiger partial charge is 0.407 e. The van der Waals surface area contributed by atoms with Crippen molar-refractivity contribution in [3.63, 3.8) is 0 Å². The van der Waals surface area contributed by atoms with Crippen LogP contribution >= 0.6 is 0 Å². The standard InChI is InChI=1S/C21H37N3O6/c1-17(2)19(25)28-15-16-30-21(27)24-13-7-4-3-6-12-23-20(26)29-14-10-18-9-5-8-11-22-18/h18,22H,1,3-16H2,2H3,(H,23,26)(H,24,27). The van der Waals surface area contributed by atoms with Gasteiger partial charge in [0.25, 0.3) is 0 Å². The zero-order valence-electron chi connectivity index (χ0n) is 18.1. The number of alkyl carbamates (subject to hydrolysis) is 2. The van der Waals surface area contributed by atoms with Gasteiger partial charge < -0.3 is 30.2 Å². The average molecular weight is 428 g/mol. The number of unbranched alkanes of at least 4 members (excludes halogenated alkanes) is 3. The highest BCUT2D eigenvalue weighted by Gasteiger charge is 2.12. The molecule has 1 aliphatic heterocycles. The summed E-state index contributed by atoms with van der Waals surface area (Å²) in [6, 6.07) is 0.469. The number of hydrogen-bond donors (Lipinski definition) is 3. The molecule has 30 heavy (non-hydrogen) atoms. The molecule has 1 saturated heterocycles. The van der Waals surface area contributed by atoms with E-state index in [2.05, 4.69) is 22.5 Å². The van der Waals surface area contributed by atoms with Gasteiger partial charge in [-0.3, -0.25) is 0 Å². The van der Waals surface area contributed by atoms with Crippen LogP contribution in [0.25, 0.3) is 0 Å². The molecular weight excluding hydrogens is 390 g/mol. The summed E-state index contributed by atoms with van der Waals surface area (Å²) >= 11 is 0. The van der Waals surface area contributed by atoms with Crippen LogP contribution in [0.15, 0.2) is 12.2 Å². The van der Waals surface area contributed by atoms with Crippen molar-refractivity contribution in [1.29, 1.82) is 0 Å². The Hall–Kier alpha value is -2.29. The normalized spacial score (nSPS) is 15.7. The van der Waals surface area contributed by atoms with Gasteiger partial charge in [0, 0.05) is 24.7 Å². The maximum Gasteiger partial charge on any atom is 0.407 e. The fraction of sp³-hybridized carbons (Fsp3) is 0.762. The molecule has 0 aliphatic carbocycles. The molecule has 9 nitrogen and oxygen atoms in total. The minimum Gasteiger partial charge on any atom is -0.459 e. The summed E-state index contributed by atoms with van der Waals surface area (Å²) in [7, 11) is 0. The second-order valence-electron chi connectivity index (χ2n) is 7.39. The molecule has 0 aromatic heterocycles. The second kappa shape index (κ2) is 16.5. The fourth-order valence-electron chi connectivity index (χ4n) is 2.94. The van der Waals surface area contributed by atoms with E-state index in [4.69, 9.17) is 14.2 Å². The third-order valence-electron chi connectivity index (χ3n) is 4.65. The lowest BCUT2D eigenvalue weighted by Crippen LogP contribution is -2.35. The summed E-state index contributed by atoms with van der Waals surface area (Å²) in [6.45, 7) is 7.61. The van der Waals surface area contributed by atoms with Crippen molar-refractivity contribution in [2.45, 2.75) is 64.3 Å². The topological polar surface area (TPSA) is 115 Å². The number of piperidine rings is 1. The lowest BCUT2D eigenvalue weighted by molar-refractivity contribution is -0.139.